The number of aryl methyl sites for hydroxylation is 3. The van der Waals surface area contributed by atoms with Gasteiger partial charge in [0.25, 0.3) is 0 Å². The highest BCUT2D eigenvalue weighted by molar-refractivity contribution is 5.31. The number of aliphatic hydroxyl groups excluding tert-OH is 1. The van der Waals surface area contributed by atoms with E-state index in [1.165, 1.54) is 0 Å². The van der Waals surface area contributed by atoms with Crippen molar-refractivity contribution >= 4 is 0 Å². The number of nitrogens with zero attached hydrogens (tertiary/aromatic N) is 1. The van der Waals surface area contributed by atoms with Gasteiger partial charge in [0.1, 0.15) is 17.6 Å². The fourth-order valence-electron chi connectivity index (χ4n) is 1.65. The minimum Gasteiger partial charge on any atom is -0.463 e. The van der Waals surface area contributed by atoms with E-state index in [9.17, 15) is 5.11 Å². The van der Waals surface area contributed by atoms with Gasteiger partial charge in [0.2, 0.25) is 0 Å². The minimum absolute atomic E-state index is 0.575. The van der Waals surface area contributed by atoms with Crippen LogP contribution in [0.15, 0.2) is 28.9 Å². The van der Waals surface area contributed by atoms with Gasteiger partial charge in [-0.3, -0.25) is 4.98 Å². The summed E-state index contributed by atoms with van der Waals surface area (Å²) >= 11 is 0. The third-order valence-electron chi connectivity index (χ3n) is 2.83. The van der Waals surface area contributed by atoms with Crippen LogP contribution in [0.2, 0.25) is 0 Å². The van der Waals surface area contributed by atoms with Crippen molar-refractivity contribution < 1.29 is 9.52 Å². The highest BCUT2D eigenvalue weighted by Gasteiger charge is 2.17. The Bertz CT molecular complexity index is 483. The Labute approximate surface area is 94.8 Å². The molecule has 0 spiro atoms. The van der Waals surface area contributed by atoms with E-state index in [4.69, 9.17) is 4.42 Å². The van der Waals surface area contributed by atoms with Crippen molar-refractivity contribution in [3.8, 4) is 0 Å². The summed E-state index contributed by atoms with van der Waals surface area (Å²) in [7, 11) is 0. The lowest BCUT2D eigenvalue weighted by atomic mass is 10.0. The van der Waals surface area contributed by atoms with Crippen LogP contribution in [-0.2, 0) is 0 Å². The summed E-state index contributed by atoms with van der Waals surface area (Å²) in [4.78, 5) is 4.02. The molecule has 1 unspecified atom stereocenters. The van der Waals surface area contributed by atoms with Crippen LogP contribution in [0.1, 0.15) is 34.3 Å². The van der Waals surface area contributed by atoms with Crippen LogP contribution in [0.3, 0.4) is 0 Å². The van der Waals surface area contributed by atoms with Crippen LogP contribution < -0.4 is 0 Å². The number of aromatic nitrogens is 1. The number of aliphatic hydroxyl groups is 1. The fourth-order valence-corrected chi connectivity index (χ4v) is 1.65. The molecule has 0 fully saturated rings. The van der Waals surface area contributed by atoms with E-state index in [0.717, 1.165) is 22.5 Å². The molecule has 84 valence electrons. The van der Waals surface area contributed by atoms with Gasteiger partial charge in [-0.2, -0.15) is 0 Å². The normalized spacial score (nSPS) is 12.8. The van der Waals surface area contributed by atoms with Crippen LogP contribution in [0, 0.1) is 20.8 Å². The van der Waals surface area contributed by atoms with E-state index in [1.807, 2.05) is 32.9 Å². The Morgan fingerprint density at radius 1 is 1.25 bits per heavy atom. The highest BCUT2D eigenvalue weighted by atomic mass is 16.4. The molecule has 0 bridgehead atoms. The first kappa shape index (κ1) is 10.9. The Balaban J connectivity index is 2.39. The molecule has 1 atom stereocenters. The Morgan fingerprint density at radius 3 is 2.56 bits per heavy atom. The molecule has 2 aromatic rings. The molecule has 2 rings (SSSR count). The fraction of sp³-hybridized carbons (Fsp3) is 0.308. The predicted octanol–water partition coefficient (Wildman–Crippen LogP) is 2.68. The van der Waals surface area contributed by atoms with E-state index in [1.54, 1.807) is 12.4 Å². The topological polar surface area (TPSA) is 46.3 Å². The molecular weight excluding hydrogens is 202 g/mol. The number of furan rings is 1. The smallest absolute Gasteiger partial charge is 0.138 e. The molecule has 2 aromatic heterocycles. The highest BCUT2D eigenvalue weighted by Crippen LogP contribution is 2.27. The molecule has 0 aromatic carbocycles. The zero-order valence-corrected chi connectivity index (χ0v) is 9.69. The van der Waals surface area contributed by atoms with E-state index < -0.39 is 6.10 Å². The van der Waals surface area contributed by atoms with Crippen LogP contribution in [0.5, 0.6) is 0 Å². The van der Waals surface area contributed by atoms with Crippen molar-refractivity contribution in [1.29, 1.82) is 0 Å². The number of rotatable bonds is 2. The van der Waals surface area contributed by atoms with Crippen molar-refractivity contribution in [3.63, 3.8) is 0 Å². The number of pyridine rings is 1. The third kappa shape index (κ3) is 1.86. The number of hydrogen-bond donors (Lipinski definition) is 1. The first-order chi connectivity index (χ1) is 7.59. The molecule has 0 saturated carbocycles. The molecule has 1 N–H and O–H groups in total. The van der Waals surface area contributed by atoms with E-state index in [-0.39, 0.29) is 0 Å². The van der Waals surface area contributed by atoms with Gasteiger partial charge in [0.05, 0.1) is 0 Å². The maximum absolute atomic E-state index is 10.2. The zero-order chi connectivity index (χ0) is 11.7. The Kier molecular flexibility index (Phi) is 2.79. The predicted molar refractivity (Wildman–Crippen MR) is 61.2 cm³/mol. The Hall–Kier alpha value is -1.61. The largest absolute Gasteiger partial charge is 0.463 e. The minimum atomic E-state index is -0.735. The van der Waals surface area contributed by atoms with E-state index >= 15 is 0 Å². The first-order valence-electron chi connectivity index (χ1n) is 5.25. The molecule has 0 radical (unpaired) electrons. The molecular formula is C13H15NO2. The quantitative estimate of drug-likeness (QED) is 0.841. The van der Waals surface area contributed by atoms with Gasteiger partial charge in [-0.25, -0.2) is 0 Å². The Morgan fingerprint density at radius 2 is 2.00 bits per heavy atom. The second-order valence-electron chi connectivity index (χ2n) is 4.02. The maximum Gasteiger partial charge on any atom is 0.138 e. The molecule has 3 heteroatoms. The van der Waals surface area contributed by atoms with Gasteiger partial charge in [-0.1, -0.05) is 0 Å². The SMILES string of the molecule is Cc1ccncc1C(O)c1cc(C)c(C)o1. The molecule has 16 heavy (non-hydrogen) atoms. The van der Waals surface area contributed by atoms with Gasteiger partial charge >= 0.3 is 0 Å². The second-order valence-corrected chi connectivity index (χ2v) is 4.02. The van der Waals surface area contributed by atoms with Crippen molar-refractivity contribution in [2.24, 2.45) is 0 Å². The lowest BCUT2D eigenvalue weighted by molar-refractivity contribution is 0.186. The van der Waals surface area contributed by atoms with Gasteiger partial charge in [-0.15, -0.1) is 0 Å². The molecule has 0 saturated heterocycles. The van der Waals surface area contributed by atoms with Crippen LogP contribution in [0.25, 0.3) is 0 Å². The summed E-state index contributed by atoms with van der Waals surface area (Å²) in [5, 5.41) is 10.2. The lowest BCUT2D eigenvalue weighted by Crippen LogP contribution is -2.01. The zero-order valence-electron chi connectivity index (χ0n) is 9.69. The monoisotopic (exact) mass is 217 g/mol. The summed E-state index contributed by atoms with van der Waals surface area (Å²) in [6.07, 6.45) is 2.65. The van der Waals surface area contributed by atoms with E-state index in [0.29, 0.717) is 5.76 Å². The van der Waals surface area contributed by atoms with Crippen LogP contribution in [-0.4, -0.2) is 10.1 Å². The molecule has 0 amide bonds. The average Bonchev–Trinajstić information content (AvgIpc) is 2.59. The van der Waals surface area contributed by atoms with Crippen molar-refractivity contribution in [1.82, 2.24) is 4.98 Å². The van der Waals surface area contributed by atoms with Crippen LogP contribution >= 0.6 is 0 Å². The van der Waals surface area contributed by atoms with E-state index in [2.05, 4.69) is 4.98 Å². The van der Waals surface area contributed by atoms with Gasteiger partial charge < -0.3 is 9.52 Å². The number of hydrogen-bond acceptors (Lipinski definition) is 3. The van der Waals surface area contributed by atoms with Gasteiger partial charge in [0.15, 0.2) is 0 Å². The summed E-state index contributed by atoms with van der Waals surface area (Å²) in [6, 6.07) is 3.74. The van der Waals surface area contributed by atoms with Crippen molar-refractivity contribution in [2.45, 2.75) is 26.9 Å². The molecule has 2 heterocycles. The molecule has 0 aliphatic heterocycles. The summed E-state index contributed by atoms with van der Waals surface area (Å²) < 4.78 is 5.51. The third-order valence-corrected chi connectivity index (χ3v) is 2.83. The first-order valence-corrected chi connectivity index (χ1v) is 5.25. The molecule has 3 nitrogen and oxygen atoms in total. The molecule has 0 aliphatic carbocycles. The standard InChI is InChI=1S/C13H15NO2/c1-8-4-5-14-7-11(8)13(15)12-6-9(2)10(3)16-12/h4-7,13,15H,1-3H3. The van der Waals surface area contributed by atoms with Crippen molar-refractivity contribution in [3.05, 3.63) is 52.7 Å². The second kappa shape index (κ2) is 4.10. The van der Waals surface area contributed by atoms with Crippen LogP contribution in [0.4, 0.5) is 0 Å². The maximum atomic E-state index is 10.2. The molecule has 0 aliphatic rings. The van der Waals surface area contributed by atoms with Crippen molar-refractivity contribution in [2.75, 3.05) is 0 Å². The summed E-state index contributed by atoms with van der Waals surface area (Å²) in [5.74, 6) is 1.42. The van der Waals surface area contributed by atoms with Gasteiger partial charge in [-0.05, 0) is 44.0 Å². The summed E-state index contributed by atoms with van der Waals surface area (Å²) in [6.45, 7) is 5.80. The summed E-state index contributed by atoms with van der Waals surface area (Å²) in [5.41, 5.74) is 2.85. The van der Waals surface area contributed by atoms with Gasteiger partial charge in [0, 0.05) is 18.0 Å². The average molecular weight is 217 g/mol. The lowest BCUT2D eigenvalue weighted by Gasteiger charge is -2.10.